The second kappa shape index (κ2) is 6.29. The van der Waals surface area contributed by atoms with E-state index in [0.717, 1.165) is 30.0 Å². The summed E-state index contributed by atoms with van der Waals surface area (Å²) >= 11 is 1.59. The van der Waals surface area contributed by atoms with E-state index in [4.69, 9.17) is 0 Å². The van der Waals surface area contributed by atoms with Crippen LogP contribution in [0.3, 0.4) is 0 Å². The van der Waals surface area contributed by atoms with Crippen molar-refractivity contribution in [2.75, 3.05) is 23.7 Å². The first kappa shape index (κ1) is 17.9. The Bertz CT molecular complexity index is 747. The third kappa shape index (κ3) is 3.26. The zero-order valence-corrected chi connectivity index (χ0v) is 16.8. The van der Waals surface area contributed by atoms with Gasteiger partial charge in [-0.15, -0.1) is 11.8 Å². The Morgan fingerprint density at radius 2 is 2.00 bits per heavy atom. The number of anilines is 1. The third-order valence-electron chi connectivity index (χ3n) is 6.09. The van der Waals surface area contributed by atoms with Crippen molar-refractivity contribution in [2.45, 2.75) is 57.4 Å². The normalized spacial score (nSPS) is 29.7. The second-order valence-electron chi connectivity index (χ2n) is 9.29. The first-order valence-electron chi connectivity index (χ1n) is 9.58. The van der Waals surface area contributed by atoms with E-state index in [1.54, 1.807) is 16.7 Å². The largest absolute Gasteiger partial charge is 0.339 e. The number of para-hydroxylation sites is 1. The van der Waals surface area contributed by atoms with Gasteiger partial charge >= 0.3 is 0 Å². The summed E-state index contributed by atoms with van der Waals surface area (Å²) in [4.78, 5) is 30.4. The van der Waals surface area contributed by atoms with Crippen LogP contribution in [0.4, 0.5) is 5.69 Å². The molecule has 2 heterocycles. The average molecular weight is 373 g/mol. The standard InChI is InChI=1S/C21H28N2O2S/c1-20(2)10-15-11-21(3,13-20)14-23(15)18(24)8-9-22-16-6-4-5-7-17(16)26-12-19(22)25/h4-7,15H,8-14H2,1-3H3/t15-,21-/m0/s1. The molecular weight excluding hydrogens is 344 g/mol. The fraction of sp³-hybridized carbons (Fsp3) is 0.619. The maximum atomic E-state index is 13.0. The average Bonchev–Trinajstić information content (AvgIpc) is 2.82. The van der Waals surface area contributed by atoms with Crippen LogP contribution in [-0.4, -0.2) is 41.6 Å². The molecule has 2 aliphatic heterocycles. The first-order chi connectivity index (χ1) is 12.3. The molecule has 2 amide bonds. The smallest absolute Gasteiger partial charge is 0.237 e. The minimum absolute atomic E-state index is 0.106. The van der Waals surface area contributed by atoms with E-state index in [0.29, 0.717) is 30.2 Å². The molecular formula is C21H28N2O2S. The van der Waals surface area contributed by atoms with Gasteiger partial charge in [0.1, 0.15) is 0 Å². The number of carbonyl (C=O) groups is 2. The number of nitrogens with zero attached hydrogens (tertiary/aromatic N) is 2. The monoisotopic (exact) mass is 372 g/mol. The van der Waals surface area contributed by atoms with E-state index in [1.807, 2.05) is 24.3 Å². The summed E-state index contributed by atoms with van der Waals surface area (Å²) in [5, 5.41) is 0. The van der Waals surface area contributed by atoms with E-state index in [1.165, 1.54) is 6.42 Å². The van der Waals surface area contributed by atoms with Crippen LogP contribution in [0.25, 0.3) is 0 Å². The van der Waals surface area contributed by atoms with Gasteiger partial charge in [0.2, 0.25) is 11.8 Å². The molecule has 2 fully saturated rings. The van der Waals surface area contributed by atoms with Crippen LogP contribution >= 0.6 is 11.8 Å². The van der Waals surface area contributed by atoms with Crippen molar-refractivity contribution in [1.29, 1.82) is 0 Å². The molecule has 2 atom stereocenters. The predicted octanol–water partition coefficient (Wildman–Crippen LogP) is 3.94. The Hall–Kier alpha value is -1.49. The minimum Gasteiger partial charge on any atom is -0.339 e. The van der Waals surface area contributed by atoms with E-state index in [-0.39, 0.29) is 17.2 Å². The molecule has 0 spiro atoms. The Morgan fingerprint density at radius 1 is 1.23 bits per heavy atom. The fourth-order valence-corrected chi connectivity index (χ4v) is 6.44. The van der Waals surface area contributed by atoms with Crippen LogP contribution in [0.5, 0.6) is 0 Å². The highest BCUT2D eigenvalue weighted by atomic mass is 32.2. The fourth-order valence-electron chi connectivity index (χ4n) is 5.50. The number of thioether (sulfide) groups is 1. The van der Waals surface area contributed by atoms with Crippen LogP contribution in [-0.2, 0) is 9.59 Å². The van der Waals surface area contributed by atoms with Gasteiger partial charge in [-0.3, -0.25) is 9.59 Å². The van der Waals surface area contributed by atoms with Crippen LogP contribution < -0.4 is 4.90 Å². The van der Waals surface area contributed by atoms with Crippen molar-refractivity contribution in [1.82, 2.24) is 4.90 Å². The number of fused-ring (bicyclic) bond motifs is 3. The molecule has 140 valence electrons. The van der Waals surface area contributed by atoms with Gasteiger partial charge in [0.25, 0.3) is 0 Å². The summed E-state index contributed by atoms with van der Waals surface area (Å²) in [7, 11) is 0. The molecule has 4 nitrogen and oxygen atoms in total. The lowest BCUT2D eigenvalue weighted by molar-refractivity contribution is -0.132. The van der Waals surface area contributed by atoms with Crippen molar-refractivity contribution >= 4 is 29.3 Å². The van der Waals surface area contributed by atoms with Crippen molar-refractivity contribution in [3.63, 3.8) is 0 Å². The number of likely N-dealkylation sites (tertiary alicyclic amines) is 1. The molecule has 1 aromatic carbocycles. The van der Waals surface area contributed by atoms with Gasteiger partial charge in [0.05, 0.1) is 11.4 Å². The summed E-state index contributed by atoms with van der Waals surface area (Å²) in [6, 6.07) is 8.36. The molecule has 0 N–H and O–H groups in total. The zero-order chi connectivity index (χ0) is 18.5. The lowest BCUT2D eigenvalue weighted by Crippen LogP contribution is -2.41. The Balaban J connectivity index is 1.44. The molecule has 1 aromatic rings. The van der Waals surface area contributed by atoms with Gasteiger partial charge in [-0.1, -0.05) is 32.9 Å². The van der Waals surface area contributed by atoms with E-state index in [2.05, 4.69) is 25.7 Å². The predicted molar refractivity (Wildman–Crippen MR) is 105 cm³/mol. The number of benzene rings is 1. The van der Waals surface area contributed by atoms with Gasteiger partial charge < -0.3 is 9.80 Å². The van der Waals surface area contributed by atoms with Gasteiger partial charge in [0.15, 0.2) is 0 Å². The molecule has 1 saturated carbocycles. The second-order valence-corrected chi connectivity index (χ2v) is 10.3. The number of amides is 2. The van der Waals surface area contributed by atoms with Gasteiger partial charge in [-0.05, 0) is 42.2 Å². The molecule has 0 aromatic heterocycles. The maximum absolute atomic E-state index is 13.0. The van der Waals surface area contributed by atoms with E-state index < -0.39 is 0 Å². The molecule has 2 bridgehead atoms. The molecule has 4 rings (SSSR count). The SMILES string of the molecule is CC1(C)C[C@H]2C[C@](C)(CN2C(=O)CCN2C(=O)CSc3ccccc32)C1. The highest BCUT2D eigenvalue weighted by Gasteiger charge is 2.50. The maximum Gasteiger partial charge on any atom is 0.237 e. The van der Waals surface area contributed by atoms with Gasteiger partial charge in [0, 0.05) is 30.4 Å². The highest BCUT2D eigenvalue weighted by Crippen LogP contribution is 2.52. The number of hydrogen-bond acceptors (Lipinski definition) is 3. The zero-order valence-electron chi connectivity index (χ0n) is 16.0. The minimum atomic E-state index is 0.106. The lowest BCUT2D eigenvalue weighted by atomic mass is 9.65. The number of hydrogen-bond donors (Lipinski definition) is 0. The highest BCUT2D eigenvalue weighted by molar-refractivity contribution is 8.00. The van der Waals surface area contributed by atoms with Gasteiger partial charge in [-0.2, -0.15) is 0 Å². The topological polar surface area (TPSA) is 40.6 Å². The van der Waals surface area contributed by atoms with Crippen LogP contribution in [0.1, 0.15) is 46.5 Å². The Labute approximate surface area is 160 Å². The van der Waals surface area contributed by atoms with Gasteiger partial charge in [-0.25, -0.2) is 0 Å². The molecule has 0 radical (unpaired) electrons. The van der Waals surface area contributed by atoms with E-state index >= 15 is 0 Å². The summed E-state index contributed by atoms with van der Waals surface area (Å²) in [6.07, 6.45) is 3.83. The van der Waals surface area contributed by atoms with Crippen molar-refractivity contribution in [3.8, 4) is 0 Å². The van der Waals surface area contributed by atoms with Crippen molar-refractivity contribution < 1.29 is 9.59 Å². The van der Waals surface area contributed by atoms with Crippen LogP contribution in [0, 0.1) is 10.8 Å². The molecule has 3 aliphatic rings. The summed E-state index contributed by atoms with van der Waals surface area (Å²) in [5.74, 6) is 0.777. The summed E-state index contributed by atoms with van der Waals surface area (Å²) in [5.41, 5.74) is 1.52. The number of rotatable bonds is 3. The quantitative estimate of drug-likeness (QED) is 0.807. The third-order valence-corrected chi connectivity index (χ3v) is 7.14. The first-order valence-corrected chi connectivity index (χ1v) is 10.6. The summed E-state index contributed by atoms with van der Waals surface area (Å²) in [6.45, 7) is 8.34. The molecule has 26 heavy (non-hydrogen) atoms. The Morgan fingerprint density at radius 3 is 2.81 bits per heavy atom. The number of carbonyl (C=O) groups excluding carboxylic acids is 2. The van der Waals surface area contributed by atoms with Crippen LogP contribution in [0.2, 0.25) is 0 Å². The molecule has 1 aliphatic carbocycles. The van der Waals surface area contributed by atoms with Crippen molar-refractivity contribution in [2.24, 2.45) is 10.8 Å². The lowest BCUT2D eigenvalue weighted by Gasteiger charge is -2.39. The van der Waals surface area contributed by atoms with E-state index in [9.17, 15) is 9.59 Å². The summed E-state index contributed by atoms with van der Waals surface area (Å²) < 4.78 is 0. The molecule has 5 heteroatoms. The van der Waals surface area contributed by atoms with Crippen molar-refractivity contribution in [3.05, 3.63) is 24.3 Å². The molecule has 0 unspecified atom stereocenters. The van der Waals surface area contributed by atoms with Crippen LogP contribution in [0.15, 0.2) is 29.2 Å². The Kier molecular flexibility index (Phi) is 4.33. The molecule has 1 saturated heterocycles.